The van der Waals surface area contributed by atoms with Crippen molar-refractivity contribution in [3.05, 3.63) is 88.7 Å². The van der Waals surface area contributed by atoms with Crippen LogP contribution in [0.4, 0.5) is 10.1 Å². The molecule has 3 aromatic carbocycles. The van der Waals surface area contributed by atoms with Crippen molar-refractivity contribution in [2.24, 2.45) is 0 Å². The molecule has 0 unspecified atom stereocenters. The largest absolute Gasteiger partial charge is 0.490 e. The number of hydrogen-bond acceptors (Lipinski definition) is 3. The highest BCUT2D eigenvalue weighted by Crippen LogP contribution is 2.30. The van der Waals surface area contributed by atoms with Crippen molar-refractivity contribution in [2.75, 3.05) is 11.9 Å². The molecular formula is C24H26FNO2. The van der Waals surface area contributed by atoms with E-state index in [-0.39, 0.29) is 12.4 Å². The molecule has 3 aromatic rings. The molecule has 0 aromatic heterocycles. The van der Waals surface area contributed by atoms with Crippen LogP contribution in [0.2, 0.25) is 0 Å². The van der Waals surface area contributed by atoms with E-state index in [9.17, 15) is 4.39 Å². The summed E-state index contributed by atoms with van der Waals surface area (Å²) in [6.45, 7) is 7.69. The van der Waals surface area contributed by atoms with Crippen LogP contribution in [0.3, 0.4) is 0 Å². The molecule has 1 N–H and O–H groups in total. The van der Waals surface area contributed by atoms with Crippen LogP contribution in [0.1, 0.15) is 29.2 Å². The molecular weight excluding hydrogens is 353 g/mol. The lowest BCUT2D eigenvalue weighted by molar-refractivity contribution is 0.269. The fourth-order valence-corrected chi connectivity index (χ4v) is 2.98. The fourth-order valence-electron chi connectivity index (χ4n) is 2.98. The molecule has 3 rings (SSSR count). The Labute approximate surface area is 166 Å². The first kappa shape index (κ1) is 19.7. The molecule has 0 radical (unpaired) electrons. The zero-order valence-corrected chi connectivity index (χ0v) is 16.6. The molecule has 0 fully saturated rings. The summed E-state index contributed by atoms with van der Waals surface area (Å²) in [5.41, 5.74) is 5.53. The molecule has 28 heavy (non-hydrogen) atoms. The van der Waals surface area contributed by atoms with E-state index in [4.69, 9.17) is 9.47 Å². The number of ether oxygens (including phenoxy) is 2. The predicted molar refractivity (Wildman–Crippen MR) is 112 cm³/mol. The predicted octanol–water partition coefficient (Wildman–Crippen LogP) is 6.03. The third kappa shape index (κ3) is 5.03. The van der Waals surface area contributed by atoms with E-state index in [1.807, 2.05) is 31.2 Å². The SMILES string of the molecule is CCOc1cc(CNc2cccc(C)c2C)ccc1OCc1cccc(F)c1. The van der Waals surface area contributed by atoms with Gasteiger partial charge < -0.3 is 14.8 Å². The Kier molecular flexibility index (Phi) is 6.53. The monoisotopic (exact) mass is 379 g/mol. The molecule has 0 heterocycles. The van der Waals surface area contributed by atoms with Gasteiger partial charge in [0.1, 0.15) is 12.4 Å². The highest BCUT2D eigenvalue weighted by atomic mass is 19.1. The highest BCUT2D eigenvalue weighted by molar-refractivity contribution is 5.54. The second-order valence-corrected chi connectivity index (χ2v) is 6.73. The lowest BCUT2D eigenvalue weighted by Gasteiger charge is -2.15. The molecule has 0 aliphatic heterocycles. The van der Waals surface area contributed by atoms with Crippen LogP contribution >= 0.6 is 0 Å². The molecule has 0 atom stereocenters. The number of anilines is 1. The van der Waals surface area contributed by atoms with Crippen LogP contribution in [0.5, 0.6) is 11.5 Å². The van der Waals surface area contributed by atoms with Gasteiger partial charge in [0.2, 0.25) is 0 Å². The first-order valence-electron chi connectivity index (χ1n) is 9.50. The van der Waals surface area contributed by atoms with Crippen molar-refractivity contribution in [1.82, 2.24) is 0 Å². The fraction of sp³-hybridized carbons (Fsp3) is 0.250. The second kappa shape index (κ2) is 9.27. The van der Waals surface area contributed by atoms with Crippen molar-refractivity contribution in [3.8, 4) is 11.5 Å². The topological polar surface area (TPSA) is 30.5 Å². The molecule has 146 valence electrons. The molecule has 0 amide bonds. The molecule has 3 nitrogen and oxygen atoms in total. The van der Waals surface area contributed by atoms with Gasteiger partial charge in [-0.05, 0) is 73.4 Å². The first-order chi connectivity index (χ1) is 13.6. The third-order valence-electron chi connectivity index (χ3n) is 4.68. The van der Waals surface area contributed by atoms with Gasteiger partial charge in [-0.15, -0.1) is 0 Å². The lowest BCUT2D eigenvalue weighted by Crippen LogP contribution is -2.04. The zero-order valence-electron chi connectivity index (χ0n) is 16.6. The van der Waals surface area contributed by atoms with Crippen molar-refractivity contribution in [3.63, 3.8) is 0 Å². The summed E-state index contributed by atoms with van der Waals surface area (Å²) >= 11 is 0. The van der Waals surface area contributed by atoms with E-state index < -0.39 is 0 Å². The first-order valence-corrected chi connectivity index (χ1v) is 9.50. The van der Waals surface area contributed by atoms with E-state index >= 15 is 0 Å². The van der Waals surface area contributed by atoms with Gasteiger partial charge in [0, 0.05) is 12.2 Å². The summed E-state index contributed by atoms with van der Waals surface area (Å²) in [6, 6.07) is 18.6. The zero-order chi connectivity index (χ0) is 19.9. The van der Waals surface area contributed by atoms with Crippen LogP contribution < -0.4 is 14.8 Å². The summed E-state index contributed by atoms with van der Waals surface area (Å²) in [6.07, 6.45) is 0. The Morgan fingerprint density at radius 2 is 1.68 bits per heavy atom. The standard InChI is InChI=1S/C24H26FNO2/c1-4-27-24-14-19(15-26-22-10-5-7-17(2)18(22)3)11-12-23(24)28-16-20-8-6-9-21(25)13-20/h5-14,26H,4,15-16H2,1-3H3. The molecule has 0 aliphatic carbocycles. The number of halogens is 1. The maximum Gasteiger partial charge on any atom is 0.161 e. The third-order valence-corrected chi connectivity index (χ3v) is 4.68. The summed E-state index contributed by atoms with van der Waals surface area (Å²) in [7, 11) is 0. The molecule has 0 saturated heterocycles. The van der Waals surface area contributed by atoms with Crippen LogP contribution in [-0.4, -0.2) is 6.61 Å². The van der Waals surface area contributed by atoms with Gasteiger partial charge in [-0.3, -0.25) is 0 Å². The Hall–Kier alpha value is -3.01. The number of nitrogens with one attached hydrogen (secondary N) is 1. The summed E-state index contributed by atoms with van der Waals surface area (Å²) in [5.74, 6) is 1.08. The number of benzene rings is 3. The van der Waals surface area contributed by atoms with Crippen LogP contribution in [0, 0.1) is 19.7 Å². The molecule has 0 saturated carbocycles. The van der Waals surface area contributed by atoms with Gasteiger partial charge in [-0.2, -0.15) is 0 Å². The molecule has 0 spiro atoms. The van der Waals surface area contributed by atoms with Gasteiger partial charge in [-0.25, -0.2) is 4.39 Å². The van der Waals surface area contributed by atoms with E-state index in [1.165, 1.54) is 23.3 Å². The van der Waals surface area contributed by atoms with Gasteiger partial charge >= 0.3 is 0 Å². The normalized spacial score (nSPS) is 10.6. The van der Waals surface area contributed by atoms with Gasteiger partial charge in [0.15, 0.2) is 11.5 Å². The average molecular weight is 379 g/mol. The Morgan fingerprint density at radius 3 is 2.46 bits per heavy atom. The number of hydrogen-bond donors (Lipinski definition) is 1. The van der Waals surface area contributed by atoms with Crippen molar-refractivity contribution in [2.45, 2.75) is 33.9 Å². The maximum absolute atomic E-state index is 13.3. The van der Waals surface area contributed by atoms with Crippen LogP contribution in [0.25, 0.3) is 0 Å². The lowest BCUT2D eigenvalue weighted by atomic mass is 10.1. The summed E-state index contributed by atoms with van der Waals surface area (Å²) < 4.78 is 25.0. The minimum absolute atomic E-state index is 0.265. The molecule has 0 aliphatic rings. The number of rotatable bonds is 8. The van der Waals surface area contributed by atoms with E-state index in [1.54, 1.807) is 6.07 Å². The molecule has 0 bridgehead atoms. The van der Waals surface area contributed by atoms with Crippen molar-refractivity contribution in [1.29, 1.82) is 0 Å². The highest BCUT2D eigenvalue weighted by Gasteiger charge is 2.08. The van der Waals surface area contributed by atoms with Crippen molar-refractivity contribution >= 4 is 5.69 Å². The smallest absolute Gasteiger partial charge is 0.161 e. The van der Waals surface area contributed by atoms with E-state index in [2.05, 4.69) is 37.4 Å². The van der Waals surface area contributed by atoms with Gasteiger partial charge in [-0.1, -0.05) is 30.3 Å². The summed E-state index contributed by atoms with van der Waals surface area (Å²) in [5, 5.41) is 3.48. The van der Waals surface area contributed by atoms with Crippen LogP contribution in [0.15, 0.2) is 60.7 Å². The minimum atomic E-state index is -0.265. The van der Waals surface area contributed by atoms with Gasteiger partial charge in [0.05, 0.1) is 6.61 Å². The second-order valence-electron chi connectivity index (χ2n) is 6.73. The van der Waals surface area contributed by atoms with E-state index in [0.717, 1.165) is 16.8 Å². The molecule has 4 heteroatoms. The van der Waals surface area contributed by atoms with Gasteiger partial charge in [0.25, 0.3) is 0 Å². The average Bonchev–Trinajstić information content (AvgIpc) is 2.69. The Morgan fingerprint density at radius 1 is 0.857 bits per heavy atom. The minimum Gasteiger partial charge on any atom is -0.490 e. The summed E-state index contributed by atoms with van der Waals surface area (Å²) in [4.78, 5) is 0. The van der Waals surface area contributed by atoms with Crippen LogP contribution in [-0.2, 0) is 13.2 Å². The Balaban J connectivity index is 1.70. The Bertz CT molecular complexity index is 940. The quantitative estimate of drug-likeness (QED) is 0.518. The van der Waals surface area contributed by atoms with E-state index in [0.29, 0.717) is 24.7 Å². The van der Waals surface area contributed by atoms with Crippen molar-refractivity contribution < 1.29 is 13.9 Å². The number of aryl methyl sites for hydroxylation is 1. The maximum atomic E-state index is 13.3.